The van der Waals surface area contributed by atoms with E-state index in [9.17, 15) is 9.59 Å². The number of carbonyl (C=O) groups excluding carboxylic acids is 1. The van der Waals surface area contributed by atoms with Gasteiger partial charge in [0.2, 0.25) is 5.91 Å². The summed E-state index contributed by atoms with van der Waals surface area (Å²) in [5.74, 6) is 2.05. The standard InChI is InChI=1S/C20H35N5O2/c1-15-10-16(2)12-23(11-15)20(3,4)14-21-18(26)13-25-19(27)24-9-7-5-6-8-17(24)22-25/h15-16H,5-14H2,1-4H3,(H,21,26). The van der Waals surface area contributed by atoms with Gasteiger partial charge in [-0.25, -0.2) is 9.48 Å². The number of piperidine rings is 1. The number of likely N-dealkylation sites (tertiary alicyclic amines) is 1. The Kier molecular flexibility index (Phi) is 6.08. The quantitative estimate of drug-likeness (QED) is 0.847. The van der Waals surface area contributed by atoms with Crippen molar-refractivity contribution in [3.05, 3.63) is 16.3 Å². The summed E-state index contributed by atoms with van der Waals surface area (Å²) in [6, 6.07) is 0. The maximum atomic E-state index is 12.5. The Bertz CT molecular complexity index is 710. The molecule has 3 rings (SSSR count). The van der Waals surface area contributed by atoms with Gasteiger partial charge >= 0.3 is 5.69 Å². The third-order valence-corrected chi connectivity index (χ3v) is 6.02. The average molecular weight is 378 g/mol. The normalized spacial score (nSPS) is 24.3. The van der Waals surface area contributed by atoms with Gasteiger partial charge in [0, 0.05) is 38.1 Å². The van der Waals surface area contributed by atoms with Crippen LogP contribution in [-0.2, 0) is 24.3 Å². The lowest BCUT2D eigenvalue weighted by molar-refractivity contribution is -0.122. The number of fused-ring (bicyclic) bond motifs is 1. The molecule has 7 nitrogen and oxygen atoms in total. The van der Waals surface area contributed by atoms with Gasteiger partial charge < -0.3 is 5.32 Å². The Morgan fingerprint density at radius 1 is 1.19 bits per heavy atom. The monoisotopic (exact) mass is 377 g/mol. The number of amides is 1. The minimum atomic E-state index is -0.153. The predicted molar refractivity (Wildman–Crippen MR) is 106 cm³/mol. The van der Waals surface area contributed by atoms with Crippen molar-refractivity contribution in [1.29, 1.82) is 0 Å². The molecular weight excluding hydrogens is 342 g/mol. The number of hydrogen-bond donors (Lipinski definition) is 1. The molecule has 7 heteroatoms. The zero-order valence-corrected chi connectivity index (χ0v) is 17.3. The molecule has 0 saturated carbocycles. The largest absolute Gasteiger partial charge is 0.353 e. The maximum absolute atomic E-state index is 12.5. The van der Waals surface area contributed by atoms with Crippen molar-refractivity contribution in [1.82, 2.24) is 24.6 Å². The number of nitrogens with one attached hydrogen (secondary N) is 1. The summed E-state index contributed by atoms with van der Waals surface area (Å²) in [6.07, 6.45) is 5.29. The van der Waals surface area contributed by atoms with Crippen LogP contribution in [0.4, 0.5) is 0 Å². The van der Waals surface area contributed by atoms with Gasteiger partial charge in [-0.3, -0.25) is 14.3 Å². The molecular formula is C20H35N5O2. The van der Waals surface area contributed by atoms with Crippen molar-refractivity contribution >= 4 is 5.91 Å². The molecule has 1 fully saturated rings. The lowest BCUT2D eigenvalue weighted by Crippen LogP contribution is -2.56. The maximum Gasteiger partial charge on any atom is 0.346 e. The number of rotatable bonds is 5. The molecule has 1 aromatic heterocycles. The molecule has 1 saturated heterocycles. The molecule has 0 bridgehead atoms. The van der Waals surface area contributed by atoms with Crippen LogP contribution in [0.5, 0.6) is 0 Å². The van der Waals surface area contributed by atoms with Gasteiger partial charge in [-0.1, -0.05) is 20.3 Å². The van der Waals surface area contributed by atoms with Crippen molar-refractivity contribution < 1.29 is 4.79 Å². The Hall–Kier alpha value is -1.63. The molecule has 2 atom stereocenters. The smallest absolute Gasteiger partial charge is 0.346 e. The van der Waals surface area contributed by atoms with Gasteiger partial charge in [-0.05, 0) is 44.9 Å². The molecule has 1 N–H and O–H groups in total. The van der Waals surface area contributed by atoms with Crippen LogP contribution in [0.25, 0.3) is 0 Å². The van der Waals surface area contributed by atoms with Crippen molar-refractivity contribution in [2.75, 3.05) is 19.6 Å². The van der Waals surface area contributed by atoms with Crippen LogP contribution in [-0.4, -0.2) is 50.3 Å². The highest BCUT2D eigenvalue weighted by molar-refractivity contribution is 5.75. The van der Waals surface area contributed by atoms with Gasteiger partial charge in [0.05, 0.1) is 0 Å². The predicted octanol–water partition coefficient (Wildman–Crippen LogP) is 1.64. The topological polar surface area (TPSA) is 72.2 Å². The first-order chi connectivity index (χ1) is 12.8. The third kappa shape index (κ3) is 4.81. The second-order valence-electron chi connectivity index (χ2n) is 9.26. The van der Waals surface area contributed by atoms with E-state index >= 15 is 0 Å². The highest BCUT2D eigenvalue weighted by Crippen LogP contribution is 2.26. The average Bonchev–Trinajstić information content (AvgIpc) is 2.75. The zero-order chi connectivity index (χ0) is 19.6. The van der Waals surface area contributed by atoms with Gasteiger partial charge in [0.25, 0.3) is 0 Å². The molecule has 27 heavy (non-hydrogen) atoms. The van der Waals surface area contributed by atoms with Crippen LogP contribution in [0, 0.1) is 11.8 Å². The summed E-state index contributed by atoms with van der Waals surface area (Å²) in [5, 5.41) is 7.43. The SMILES string of the molecule is CC1CC(C)CN(C(C)(C)CNC(=O)Cn2nc3n(c2=O)CCCCC3)C1. The zero-order valence-electron chi connectivity index (χ0n) is 17.3. The van der Waals surface area contributed by atoms with Crippen LogP contribution in [0.1, 0.15) is 59.2 Å². The lowest BCUT2D eigenvalue weighted by Gasteiger charge is -2.45. The Labute approximate surface area is 162 Å². The van der Waals surface area contributed by atoms with Crippen LogP contribution in [0.3, 0.4) is 0 Å². The number of carbonyl (C=O) groups is 1. The fourth-order valence-electron chi connectivity index (χ4n) is 4.50. The van der Waals surface area contributed by atoms with E-state index < -0.39 is 0 Å². The highest BCUT2D eigenvalue weighted by atomic mass is 16.2. The lowest BCUT2D eigenvalue weighted by atomic mass is 9.88. The molecule has 0 aliphatic carbocycles. The minimum Gasteiger partial charge on any atom is -0.353 e. The van der Waals surface area contributed by atoms with Gasteiger partial charge in [-0.2, -0.15) is 5.10 Å². The summed E-state index contributed by atoms with van der Waals surface area (Å²) in [7, 11) is 0. The molecule has 3 heterocycles. The molecule has 2 unspecified atom stereocenters. The molecule has 0 spiro atoms. The van der Waals surface area contributed by atoms with Crippen LogP contribution >= 0.6 is 0 Å². The van der Waals surface area contributed by atoms with E-state index in [1.54, 1.807) is 4.57 Å². The summed E-state index contributed by atoms with van der Waals surface area (Å²) in [5.41, 5.74) is -0.255. The first kappa shape index (κ1) is 20.1. The van der Waals surface area contributed by atoms with Crippen molar-refractivity contribution in [3.8, 4) is 0 Å². The first-order valence-corrected chi connectivity index (χ1v) is 10.4. The van der Waals surface area contributed by atoms with Crippen molar-refractivity contribution in [2.24, 2.45) is 11.8 Å². The molecule has 1 amide bonds. The second kappa shape index (κ2) is 8.17. The van der Waals surface area contributed by atoms with E-state index in [1.165, 1.54) is 11.1 Å². The fourth-order valence-corrected chi connectivity index (χ4v) is 4.50. The van der Waals surface area contributed by atoms with Gasteiger partial charge in [-0.15, -0.1) is 0 Å². The van der Waals surface area contributed by atoms with Crippen LogP contribution in [0.2, 0.25) is 0 Å². The number of nitrogens with zero attached hydrogens (tertiary/aromatic N) is 4. The highest BCUT2D eigenvalue weighted by Gasteiger charge is 2.33. The van der Waals surface area contributed by atoms with Crippen molar-refractivity contribution in [2.45, 2.75) is 78.4 Å². The van der Waals surface area contributed by atoms with Crippen LogP contribution < -0.4 is 11.0 Å². The summed E-state index contributed by atoms with van der Waals surface area (Å²) < 4.78 is 3.06. The van der Waals surface area contributed by atoms with E-state index in [0.717, 1.165) is 44.6 Å². The molecule has 152 valence electrons. The van der Waals surface area contributed by atoms with E-state index in [0.29, 0.717) is 24.9 Å². The molecule has 0 aromatic carbocycles. The number of aromatic nitrogens is 3. The number of aryl methyl sites for hydroxylation is 1. The molecule has 1 aromatic rings. The Balaban J connectivity index is 1.57. The first-order valence-electron chi connectivity index (χ1n) is 10.4. The summed E-state index contributed by atoms with van der Waals surface area (Å²) in [6.45, 7) is 12.4. The molecule has 0 radical (unpaired) electrons. The van der Waals surface area contributed by atoms with E-state index in [2.05, 4.69) is 43.0 Å². The molecule has 2 aliphatic heterocycles. The Morgan fingerprint density at radius 2 is 1.89 bits per heavy atom. The number of hydrogen-bond acceptors (Lipinski definition) is 4. The third-order valence-electron chi connectivity index (χ3n) is 6.02. The Morgan fingerprint density at radius 3 is 2.59 bits per heavy atom. The summed E-state index contributed by atoms with van der Waals surface area (Å²) >= 11 is 0. The van der Waals surface area contributed by atoms with E-state index in [1.807, 2.05) is 0 Å². The van der Waals surface area contributed by atoms with Crippen molar-refractivity contribution in [3.63, 3.8) is 0 Å². The van der Waals surface area contributed by atoms with Gasteiger partial charge in [0.15, 0.2) is 0 Å². The van der Waals surface area contributed by atoms with Crippen LogP contribution in [0.15, 0.2) is 4.79 Å². The fraction of sp³-hybridized carbons (Fsp3) is 0.850. The van der Waals surface area contributed by atoms with E-state index in [-0.39, 0.29) is 23.7 Å². The second-order valence-corrected chi connectivity index (χ2v) is 9.26. The van der Waals surface area contributed by atoms with Gasteiger partial charge in [0.1, 0.15) is 12.4 Å². The summed E-state index contributed by atoms with van der Waals surface area (Å²) in [4.78, 5) is 27.4. The van der Waals surface area contributed by atoms with E-state index in [4.69, 9.17) is 0 Å². The molecule has 2 aliphatic rings. The minimum absolute atomic E-state index is 0.00171.